The molecule has 0 atom stereocenters. The number of nitrogens with zero attached hydrogens (tertiary/aromatic N) is 1. The van der Waals surface area contributed by atoms with E-state index in [0.717, 1.165) is 18.0 Å². The summed E-state index contributed by atoms with van der Waals surface area (Å²) in [4.78, 5) is 13.7. The van der Waals surface area contributed by atoms with Gasteiger partial charge in [-0.1, -0.05) is 0 Å². The number of carbonyl (C=O) groups is 1. The normalized spacial score (nSPS) is 10.0. The Balaban J connectivity index is 2.18. The van der Waals surface area contributed by atoms with Gasteiger partial charge in [-0.25, -0.2) is 0 Å². The third-order valence-electron chi connectivity index (χ3n) is 2.70. The molecule has 1 aromatic rings. The minimum atomic E-state index is -0.215. The van der Waals surface area contributed by atoms with Crippen molar-refractivity contribution < 1.29 is 9.53 Å². The highest BCUT2D eigenvalue weighted by Crippen LogP contribution is 2.14. The van der Waals surface area contributed by atoms with Gasteiger partial charge >= 0.3 is 0 Å². The van der Waals surface area contributed by atoms with E-state index >= 15 is 0 Å². The van der Waals surface area contributed by atoms with E-state index in [1.54, 1.807) is 7.11 Å². The van der Waals surface area contributed by atoms with Crippen LogP contribution >= 0.6 is 12.2 Å². The van der Waals surface area contributed by atoms with Gasteiger partial charge in [0.15, 0.2) is 5.11 Å². The number of hydrazine groups is 1. The van der Waals surface area contributed by atoms with E-state index in [9.17, 15) is 4.79 Å². The van der Waals surface area contributed by atoms with E-state index in [1.165, 1.54) is 0 Å². The van der Waals surface area contributed by atoms with Crippen LogP contribution in [0.15, 0.2) is 24.3 Å². The molecule has 0 aliphatic heterocycles. The maximum absolute atomic E-state index is 11.7. The summed E-state index contributed by atoms with van der Waals surface area (Å²) in [6.07, 6.45) is 0. The Hall–Kier alpha value is -2.06. The smallest absolute Gasteiger partial charge is 0.257 e. The van der Waals surface area contributed by atoms with Crippen molar-refractivity contribution in [3.63, 3.8) is 0 Å². The Morgan fingerprint density at radius 2 is 1.91 bits per heavy atom. The van der Waals surface area contributed by atoms with Gasteiger partial charge in [0.05, 0.1) is 13.7 Å². The summed E-state index contributed by atoms with van der Waals surface area (Å²) in [5.41, 5.74) is 6.01. The van der Waals surface area contributed by atoms with Crippen LogP contribution in [0.25, 0.3) is 0 Å². The number of ether oxygens (including phenoxy) is 1. The lowest BCUT2D eigenvalue weighted by atomic mass is 10.3. The number of amides is 1. The number of hydrogen-bond acceptors (Lipinski definition) is 5. The fraction of sp³-hybridized carbons (Fsp3) is 0.429. The van der Waals surface area contributed by atoms with Crippen molar-refractivity contribution in [1.29, 1.82) is 0 Å². The van der Waals surface area contributed by atoms with Gasteiger partial charge in [0.2, 0.25) is 0 Å². The monoisotopic (exact) mass is 325 g/mol. The highest BCUT2D eigenvalue weighted by atomic mass is 32.1. The van der Waals surface area contributed by atoms with Crippen LogP contribution in [0.1, 0.15) is 0 Å². The highest BCUT2D eigenvalue weighted by molar-refractivity contribution is 7.80. The number of likely N-dealkylation sites (N-methyl/N-ethyl adjacent to an activating group) is 1. The molecule has 22 heavy (non-hydrogen) atoms. The number of carbonyl (C=O) groups excluding carboxylic acids is 1. The summed E-state index contributed by atoms with van der Waals surface area (Å²) in [5, 5.41) is 6.37. The van der Waals surface area contributed by atoms with Crippen LogP contribution in [0, 0.1) is 0 Å². The molecule has 0 fully saturated rings. The summed E-state index contributed by atoms with van der Waals surface area (Å²) in [5.74, 6) is 0.554. The lowest BCUT2D eigenvalue weighted by molar-refractivity contribution is -0.119. The first-order chi connectivity index (χ1) is 10.5. The second-order valence-corrected chi connectivity index (χ2v) is 5.22. The lowest BCUT2D eigenvalue weighted by Crippen LogP contribution is -2.49. The van der Waals surface area contributed by atoms with Crippen molar-refractivity contribution in [2.45, 2.75) is 0 Å². The van der Waals surface area contributed by atoms with E-state index < -0.39 is 0 Å². The zero-order chi connectivity index (χ0) is 16.4. The van der Waals surface area contributed by atoms with Crippen LogP contribution in [-0.4, -0.2) is 56.8 Å². The van der Waals surface area contributed by atoms with Crippen molar-refractivity contribution in [2.75, 3.05) is 46.2 Å². The third-order valence-corrected chi connectivity index (χ3v) is 2.95. The topological polar surface area (TPSA) is 77.7 Å². The van der Waals surface area contributed by atoms with Gasteiger partial charge < -0.3 is 20.3 Å². The molecule has 0 aliphatic carbocycles. The molecule has 7 nitrogen and oxygen atoms in total. The molecule has 0 radical (unpaired) electrons. The minimum absolute atomic E-state index is 0.139. The molecular formula is C14H23N5O2S. The Bertz CT molecular complexity index is 479. The first kappa shape index (κ1) is 18.0. The summed E-state index contributed by atoms with van der Waals surface area (Å²) in [6, 6.07) is 7.32. The number of rotatable bonds is 7. The van der Waals surface area contributed by atoms with Crippen LogP contribution in [0.4, 0.5) is 5.69 Å². The second-order valence-electron chi connectivity index (χ2n) is 4.81. The van der Waals surface area contributed by atoms with E-state index in [0.29, 0.717) is 11.7 Å². The van der Waals surface area contributed by atoms with Crippen LogP contribution in [0.5, 0.6) is 5.75 Å². The summed E-state index contributed by atoms with van der Waals surface area (Å²) in [7, 11) is 5.56. The van der Waals surface area contributed by atoms with Crippen molar-refractivity contribution in [2.24, 2.45) is 0 Å². The molecule has 0 spiro atoms. The predicted molar refractivity (Wildman–Crippen MR) is 91.9 cm³/mol. The van der Waals surface area contributed by atoms with Crippen molar-refractivity contribution in [3.8, 4) is 5.75 Å². The lowest BCUT2D eigenvalue weighted by Gasteiger charge is -2.14. The van der Waals surface area contributed by atoms with Gasteiger partial charge in [-0.05, 0) is 50.6 Å². The maximum Gasteiger partial charge on any atom is 0.257 e. The average Bonchev–Trinajstić information content (AvgIpc) is 2.51. The predicted octanol–water partition coefficient (Wildman–Crippen LogP) is 0.164. The number of anilines is 1. The quantitative estimate of drug-likeness (QED) is 0.420. The summed E-state index contributed by atoms with van der Waals surface area (Å²) < 4.78 is 5.07. The van der Waals surface area contributed by atoms with Crippen molar-refractivity contribution in [3.05, 3.63) is 24.3 Å². The fourth-order valence-electron chi connectivity index (χ4n) is 1.50. The first-order valence-corrected chi connectivity index (χ1v) is 7.27. The first-order valence-electron chi connectivity index (χ1n) is 6.86. The second kappa shape index (κ2) is 9.80. The van der Waals surface area contributed by atoms with Gasteiger partial charge in [-0.15, -0.1) is 0 Å². The van der Waals surface area contributed by atoms with Crippen LogP contribution < -0.4 is 26.2 Å². The molecule has 0 saturated heterocycles. The molecule has 122 valence electrons. The Kier molecular flexibility index (Phi) is 8.01. The molecule has 0 unspecified atom stereocenters. The SMILES string of the molecule is COc1ccc(NCC(=O)NNC(=S)NCCN(C)C)cc1. The zero-order valence-electron chi connectivity index (χ0n) is 13.1. The Morgan fingerprint density at radius 3 is 2.50 bits per heavy atom. The molecule has 1 aromatic carbocycles. The highest BCUT2D eigenvalue weighted by Gasteiger charge is 2.02. The van der Waals surface area contributed by atoms with Crippen molar-refractivity contribution in [1.82, 2.24) is 21.1 Å². The molecule has 0 saturated carbocycles. The number of benzene rings is 1. The summed E-state index contributed by atoms with van der Waals surface area (Å²) in [6.45, 7) is 1.70. The number of methoxy groups -OCH3 is 1. The van der Waals surface area contributed by atoms with Gasteiger partial charge in [0.1, 0.15) is 5.75 Å². The number of hydrogen-bond donors (Lipinski definition) is 4. The van der Waals surface area contributed by atoms with Gasteiger partial charge in [-0.3, -0.25) is 15.6 Å². The van der Waals surface area contributed by atoms with Crippen LogP contribution in [0.2, 0.25) is 0 Å². The molecular weight excluding hydrogens is 302 g/mol. The largest absolute Gasteiger partial charge is 0.497 e. The zero-order valence-corrected chi connectivity index (χ0v) is 13.9. The van der Waals surface area contributed by atoms with Crippen molar-refractivity contribution >= 4 is 28.9 Å². The Morgan fingerprint density at radius 1 is 1.23 bits per heavy atom. The maximum atomic E-state index is 11.7. The van der Waals surface area contributed by atoms with E-state index in [1.807, 2.05) is 43.3 Å². The summed E-state index contributed by atoms with van der Waals surface area (Å²) >= 11 is 5.04. The number of thiocarbonyl (C=S) groups is 1. The number of nitrogens with one attached hydrogen (secondary N) is 4. The molecule has 1 amide bonds. The van der Waals surface area contributed by atoms with E-state index in [-0.39, 0.29) is 12.5 Å². The minimum Gasteiger partial charge on any atom is -0.497 e. The van der Waals surface area contributed by atoms with Gasteiger partial charge in [0, 0.05) is 18.8 Å². The van der Waals surface area contributed by atoms with E-state index in [4.69, 9.17) is 17.0 Å². The standard InChI is InChI=1S/C14H23N5O2S/c1-19(2)9-8-15-14(22)18-17-13(20)10-16-11-4-6-12(21-3)7-5-11/h4-7,16H,8-10H2,1-3H3,(H,17,20)(H2,15,18,22). The van der Waals surface area contributed by atoms with Crippen LogP contribution in [-0.2, 0) is 4.79 Å². The average molecular weight is 325 g/mol. The van der Waals surface area contributed by atoms with Crippen LogP contribution in [0.3, 0.4) is 0 Å². The fourth-order valence-corrected chi connectivity index (χ4v) is 1.65. The van der Waals surface area contributed by atoms with Gasteiger partial charge in [0.25, 0.3) is 5.91 Å². The van der Waals surface area contributed by atoms with E-state index in [2.05, 4.69) is 21.5 Å². The molecule has 0 aliphatic rings. The van der Waals surface area contributed by atoms with Gasteiger partial charge in [-0.2, -0.15) is 0 Å². The molecule has 1 rings (SSSR count). The molecule has 0 heterocycles. The molecule has 8 heteroatoms. The molecule has 4 N–H and O–H groups in total. The molecule has 0 aromatic heterocycles. The molecule has 0 bridgehead atoms. The Labute approximate surface area is 136 Å². The third kappa shape index (κ3) is 7.65.